The van der Waals surface area contributed by atoms with E-state index in [0.29, 0.717) is 11.5 Å². The normalized spacial score (nSPS) is 10.5. The molecular formula is C15H16N2OS. The van der Waals surface area contributed by atoms with Crippen molar-refractivity contribution >= 4 is 11.3 Å². The van der Waals surface area contributed by atoms with Crippen LogP contribution in [0.3, 0.4) is 0 Å². The van der Waals surface area contributed by atoms with Crippen LogP contribution in [0, 0.1) is 18.3 Å². The van der Waals surface area contributed by atoms with Crippen molar-refractivity contribution < 1.29 is 4.74 Å². The van der Waals surface area contributed by atoms with Gasteiger partial charge in [-0.2, -0.15) is 5.26 Å². The van der Waals surface area contributed by atoms with Gasteiger partial charge in [-0.1, -0.05) is 26.0 Å². The number of rotatable bonds is 4. The molecule has 2 rings (SSSR count). The summed E-state index contributed by atoms with van der Waals surface area (Å²) < 4.78 is 5.70. The second-order valence-corrected chi connectivity index (χ2v) is 5.78. The standard InChI is InChI=1S/C15H16N2OS/c1-10(2)15-13(8-16)19-14(17-15)9-18-12-6-4-5-11(3)7-12/h4-7,10H,9H2,1-3H3. The van der Waals surface area contributed by atoms with E-state index in [2.05, 4.69) is 11.1 Å². The molecule has 0 radical (unpaired) electrons. The first kappa shape index (κ1) is 13.6. The molecule has 3 nitrogen and oxygen atoms in total. The lowest BCUT2D eigenvalue weighted by molar-refractivity contribution is 0.305. The summed E-state index contributed by atoms with van der Waals surface area (Å²) in [6, 6.07) is 10.1. The Morgan fingerprint density at radius 1 is 1.42 bits per heavy atom. The van der Waals surface area contributed by atoms with E-state index in [4.69, 9.17) is 10.00 Å². The molecule has 4 heteroatoms. The number of aromatic nitrogens is 1. The molecule has 0 saturated heterocycles. The third kappa shape index (κ3) is 3.33. The zero-order valence-electron chi connectivity index (χ0n) is 11.3. The lowest BCUT2D eigenvalue weighted by atomic mass is 10.1. The molecular weight excluding hydrogens is 256 g/mol. The molecule has 1 aromatic heterocycles. The van der Waals surface area contributed by atoms with E-state index in [-0.39, 0.29) is 5.92 Å². The molecule has 98 valence electrons. The second kappa shape index (κ2) is 5.85. The lowest BCUT2D eigenvalue weighted by Crippen LogP contribution is -1.96. The van der Waals surface area contributed by atoms with Crippen LogP contribution < -0.4 is 4.74 Å². The molecule has 19 heavy (non-hydrogen) atoms. The molecule has 1 heterocycles. The molecule has 0 aliphatic heterocycles. The molecule has 0 N–H and O–H groups in total. The quantitative estimate of drug-likeness (QED) is 0.844. The Balaban J connectivity index is 2.10. The van der Waals surface area contributed by atoms with E-state index in [1.807, 2.05) is 45.0 Å². The van der Waals surface area contributed by atoms with Crippen molar-refractivity contribution in [1.29, 1.82) is 5.26 Å². The van der Waals surface area contributed by atoms with Gasteiger partial charge in [0.25, 0.3) is 0 Å². The maximum absolute atomic E-state index is 9.08. The lowest BCUT2D eigenvalue weighted by Gasteiger charge is -2.04. The average Bonchev–Trinajstić information content (AvgIpc) is 2.80. The summed E-state index contributed by atoms with van der Waals surface area (Å²) in [4.78, 5) is 5.18. The molecule has 0 aliphatic rings. The third-order valence-corrected chi connectivity index (χ3v) is 3.65. The summed E-state index contributed by atoms with van der Waals surface area (Å²) >= 11 is 1.41. The summed E-state index contributed by atoms with van der Waals surface area (Å²) in [6.07, 6.45) is 0. The van der Waals surface area contributed by atoms with Gasteiger partial charge in [0.1, 0.15) is 28.3 Å². The van der Waals surface area contributed by atoms with E-state index < -0.39 is 0 Å². The molecule has 0 spiro atoms. The minimum absolute atomic E-state index is 0.263. The smallest absolute Gasteiger partial charge is 0.140 e. The molecule has 0 atom stereocenters. The first-order valence-electron chi connectivity index (χ1n) is 6.19. The summed E-state index contributed by atoms with van der Waals surface area (Å²) in [5.41, 5.74) is 2.03. The topological polar surface area (TPSA) is 45.9 Å². The molecule has 0 aliphatic carbocycles. The molecule has 0 bridgehead atoms. The molecule has 0 saturated carbocycles. The third-order valence-electron chi connectivity index (χ3n) is 2.70. The zero-order chi connectivity index (χ0) is 13.8. The van der Waals surface area contributed by atoms with Gasteiger partial charge in [0.15, 0.2) is 0 Å². The number of hydrogen-bond donors (Lipinski definition) is 0. The highest BCUT2D eigenvalue weighted by molar-refractivity contribution is 7.12. The van der Waals surface area contributed by atoms with Gasteiger partial charge >= 0.3 is 0 Å². The van der Waals surface area contributed by atoms with Crippen LogP contribution in [0.5, 0.6) is 5.75 Å². The van der Waals surface area contributed by atoms with Gasteiger partial charge in [0.05, 0.1) is 5.69 Å². The van der Waals surface area contributed by atoms with Gasteiger partial charge in [-0.3, -0.25) is 0 Å². The number of aryl methyl sites for hydroxylation is 1. The highest BCUT2D eigenvalue weighted by Crippen LogP contribution is 2.25. The fourth-order valence-corrected chi connectivity index (χ4v) is 2.69. The van der Waals surface area contributed by atoms with Gasteiger partial charge in [-0.15, -0.1) is 11.3 Å². The van der Waals surface area contributed by atoms with Crippen LogP contribution in [0.2, 0.25) is 0 Å². The summed E-state index contributed by atoms with van der Waals surface area (Å²) in [5.74, 6) is 1.10. The number of thiazole rings is 1. The Bertz CT molecular complexity index is 611. The van der Waals surface area contributed by atoms with E-state index in [9.17, 15) is 0 Å². The van der Waals surface area contributed by atoms with Crippen LogP contribution in [0.15, 0.2) is 24.3 Å². The average molecular weight is 272 g/mol. The maximum Gasteiger partial charge on any atom is 0.140 e. The van der Waals surface area contributed by atoms with Gasteiger partial charge in [0.2, 0.25) is 0 Å². The van der Waals surface area contributed by atoms with Crippen LogP contribution in [-0.4, -0.2) is 4.98 Å². The Morgan fingerprint density at radius 3 is 2.79 bits per heavy atom. The number of hydrogen-bond acceptors (Lipinski definition) is 4. The van der Waals surface area contributed by atoms with Crippen molar-refractivity contribution in [3.63, 3.8) is 0 Å². The largest absolute Gasteiger partial charge is 0.486 e. The minimum atomic E-state index is 0.263. The van der Waals surface area contributed by atoms with Crippen molar-refractivity contribution in [2.75, 3.05) is 0 Å². The van der Waals surface area contributed by atoms with Crippen molar-refractivity contribution in [1.82, 2.24) is 4.98 Å². The van der Waals surface area contributed by atoms with Crippen molar-refractivity contribution in [3.05, 3.63) is 45.4 Å². The Hall–Kier alpha value is -1.86. The molecule has 2 aromatic rings. The van der Waals surface area contributed by atoms with Gasteiger partial charge in [-0.25, -0.2) is 4.98 Å². The summed E-state index contributed by atoms with van der Waals surface area (Å²) in [6.45, 7) is 6.53. The minimum Gasteiger partial charge on any atom is -0.486 e. The van der Waals surface area contributed by atoms with Gasteiger partial charge in [-0.05, 0) is 30.5 Å². The van der Waals surface area contributed by atoms with Gasteiger partial charge < -0.3 is 4.74 Å². The first-order chi connectivity index (χ1) is 9.10. The van der Waals surface area contributed by atoms with E-state index >= 15 is 0 Å². The van der Waals surface area contributed by atoms with Crippen molar-refractivity contribution in [3.8, 4) is 11.8 Å². The van der Waals surface area contributed by atoms with Crippen molar-refractivity contribution in [2.24, 2.45) is 0 Å². The van der Waals surface area contributed by atoms with E-state index in [1.165, 1.54) is 11.3 Å². The Morgan fingerprint density at radius 2 is 2.21 bits per heavy atom. The van der Waals surface area contributed by atoms with Crippen LogP contribution in [0.4, 0.5) is 0 Å². The first-order valence-corrected chi connectivity index (χ1v) is 7.01. The highest BCUT2D eigenvalue weighted by atomic mass is 32.1. The number of nitriles is 1. The zero-order valence-corrected chi connectivity index (χ0v) is 12.1. The molecule has 1 aromatic carbocycles. The monoisotopic (exact) mass is 272 g/mol. The second-order valence-electron chi connectivity index (χ2n) is 4.69. The summed E-state index contributed by atoms with van der Waals surface area (Å²) in [7, 11) is 0. The van der Waals surface area contributed by atoms with Crippen LogP contribution >= 0.6 is 11.3 Å². The van der Waals surface area contributed by atoms with Crippen LogP contribution in [-0.2, 0) is 6.61 Å². The Labute approximate surface area is 117 Å². The number of nitrogens with zero attached hydrogens (tertiary/aromatic N) is 2. The fourth-order valence-electron chi connectivity index (χ4n) is 1.76. The highest BCUT2D eigenvalue weighted by Gasteiger charge is 2.14. The van der Waals surface area contributed by atoms with Crippen LogP contribution in [0.1, 0.15) is 40.9 Å². The maximum atomic E-state index is 9.08. The molecule has 0 unspecified atom stereocenters. The SMILES string of the molecule is Cc1cccc(OCc2nc(C(C)C)c(C#N)s2)c1. The van der Waals surface area contributed by atoms with Crippen LogP contribution in [0.25, 0.3) is 0 Å². The van der Waals surface area contributed by atoms with Gasteiger partial charge in [0, 0.05) is 0 Å². The molecule has 0 fully saturated rings. The number of ether oxygens (including phenoxy) is 1. The predicted octanol–water partition coefficient (Wildman–Crippen LogP) is 4.03. The van der Waals surface area contributed by atoms with E-state index in [0.717, 1.165) is 22.0 Å². The molecule has 0 amide bonds. The fraction of sp³-hybridized carbons (Fsp3) is 0.333. The van der Waals surface area contributed by atoms with Crippen molar-refractivity contribution in [2.45, 2.75) is 33.3 Å². The summed E-state index contributed by atoms with van der Waals surface area (Å²) in [5, 5.41) is 9.93. The van der Waals surface area contributed by atoms with E-state index in [1.54, 1.807) is 0 Å². The predicted molar refractivity (Wildman–Crippen MR) is 76.4 cm³/mol. The Kier molecular flexibility index (Phi) is 4.18. The number of benzene rings is 1.